The third-order valence-electron chi connectivity index (χ3n) is 3.64. The lowest BCUT2D eigenvalue weighted by Gasteiger charge is -2.34. The largest absolute Gasteiger partial charge is 0.387 e. The van der Waals surface area contributed by atoms with Gasteiger partial charge in [0.1, 0.15) is 0 Å². The summed E-state index contributed by atoms with van der Waals surface area (Å²) in [6.45, 7) is 2.72. The number of nitrogens with zero attached hydrogens (tertiary/aromatic N) is 2. The van der Waals surface area contributed by atoms with Crippen LogP contribution in [0.25, 0.3) is 0 Å². The van der Waals surface area contributed by atoms with E-state index < -0.39 is 15.9 Å². The highest BCUT2D eigenvalue weighted by Crippen LogP contribution is 2.19. The molecular formula is C14H18N2O3S. The highest BCUT2D eigenvalue weighted by molar-refractivity contribution is 7.91. The topological polar surface area (TPSA) is 81.4 Å². The van der Waals surface area contributed by atoms with Gasteiger partial charge >= 0.3 is 0 Å². The van der Waals surface area contributed by atoms with E-state index in [0.717, 1.165) is 5.56 Å². The summed E-state index contributed by atoms with van der Waals surface area (Å²) in [6.07, 6.45) is -0.675. The fraction of sp³-hybridized carbons (Fsp3) is 0.500. The minimum atomic E-state index is -2.93. The van der Waals surface area contributed by atoms with Crippen LogP contribution >= 0.6 is 0 Å². The molecule has 1 aromatic carbocycles. The molecule has 1 fully saturated rings. The normalized spacial score (nSPS) is 23.9. The quantitative estimate of drug-likeness (QED) is 0.888. The number of aliphatic hydroxyl groups excluding tert-OH is 1. The van der Waals surface area contributed by atoms with Crippen LogP contribution in [-0.4, -0.2) is 49.1 Å². The minimum Gasteiger partial charge on any atom is -0.387 e. The molecule has 2 atom stereocenters. The Bertz CT molecular complexity index is 604. The number of sulfone groups is 1. The first-order valence-corrected chi connectivity index (χ1v) is 8.36. The molecular weight excluding hydrogens is 276 g/mol. The Hall–Kier alpha value is -1.42. The Morgan fingerprint density at radius 2 is 2.10 bits per heavy atom. The van der Waals surface area contributed by atoms with Crippen LogP contribution in [0.3, 0.4) is 0 Å². The summed E-state index contributed by atoms with van der Waals surface area (Å²) in [6, 6.07) is 8.75. The molecule has 1 N–H and O–H groups in total. The van der Waals surface area contributed by atoms with Crippen LogP contribution in [0.2, 0.25) is 0 Å². The average Bonchev–Trinajstić information content (AvgIpc) is 2.41. The monoisotopic (exact) mass is 294 g/mol. The average molecular weight is 294 g/mol. The van der Waals surface area contributed by atoms with Crippen molar-refractivity contribution in [2.45, 2.75) is 19.1 Å². The first-order valence-electron chi connectivity index (χ1n) is 6.54. The molecule has 1 aliphatic rings. The van der Waals surface area contributed by atoms with Crippen molar-refractivity contribution in [3.63, 3.8) is 0 Å². The molecule has 0 spiro atoms. The van der Waals surface area contributed by atoms with Crippen LogP contribution in [0.1, 0.15) is 24.2 Å². The maximum Gasteiger partial charge on any atom is 0.153 e. The molecule has 1 aliphatic heterocycles. The molecule has 0 aromatic heterocycles. The molecule has 1 saturated heterocycles. The highest BCUT2D eigenvalue weighted by Gasteiger charge is 2.29. The SMILES string of the molecule is CC1CS(=O)(=O)CCN1CC(O)c1ccc(C#N)cc1. The van der Waals surface area contributed by atoms with Crippen LogP contribution in [0, 0.1) is 11.3 Å². The Morgan fingerprint density at radius 1 is 1.45 bits per heavy atom. The molecule has 20 heavy (non-hydrogen) atoms. The van der Waals surface area contributed by atoms with Crippen molar-refractivity contribution in [2.75, 3.05) is 24.6 Å². The van der Waals surface area contributed by atoms with Crippen LogP contribution in [0.5, 0.6) is 0 Å². The maximum atomic E-state index is 11.5. The van der Waals surface area contributed by atoms with Crippen LogP contribution in [-0.2, 0) is 9.84 Å². The smallest absolute Gasteiger partial charge is 0.153 e. The first kappa shape index (κ1) is 15.0. The molecule has 0 radical (unpaired) electrons. The van der Waals surface area contributed by atoms with E-state index in [-0.39, 0.29) is 17.5 Å². The van der Waals surface area contributed by atoms with Gasteiger partial charge in [-0.3, -0.25) is 4.90 Å². The van der Waals surface area contributed by atoms with E-state index in [2.05, 4.69) is 0 Å². The van der Waals surface area contributed by atoms with Crippen molar-refractivity contribution in [3.05, 3.63) is 35.4 Å². The number of hydrogen-bond acceptors (Lipinski definition) is 5. The van der Waals surface area contributed by atoms with E-state index in [4.69, 9.17) is 5.26 Å². The Balaban J connectivity index is 2.01. The predicted molar refractivity (Wildman–Crippen MR) is 75.8 cm³/mol. The van der Waals surface area contributed by atoms with Crippen molar-refractivity contribution < 1.29 is 13.5 Å². The van der Waals surface area contributed by atoms with E-state index >= 15 is 0 Å². The van der Waals surface area contributed by atoms with Gasteiger partial charge in [0.25, 0.3) is 0 Å². The fourth-order valence-electron chi connectivity index (χ4n) is 2.41. The molecule has 2 unspecified atom stereocenters. The van der Waals surface area contributed by atoms with Crippen molar-refractivity contribution in [1.82, 2.24) is 4.90 Å². The van der Waals surface area contributed by atoms with Crippen molar-refractivity contribution in [3.8, 4) is 6.07 Å². The second kappa shape index (κ2) is 5.92. The van der Waals surface area contributed by atoms with Gasteiger partial charge in [-0.1, -0.05) is 12.1 Å². The van der Waals surface area contributed by atoms with Crippen LogP contribution < -0.4 is 0 Å². The Labute approximate surface area is 119 Å². The van der Waals surface area contributed by atoms with Crippen LogP contribution in [0.4, 0.5) is 0 Å². The molecule has 5 nitrogen and oxygen atoms in total. The third-order valence-corrected chi connectivity index (χ3v) is 5.43. The number of rotatable bonds is 3. The lowest BCUT2D eigenvalue weighted by molar-refractivity contribution is 0.0974. The summed E-state index contributed by atoms with van der Waals surface area (Å²) in [5, 5.41) is 18.9. The van der Waals surface area contributed by atoms with E-state index in [9.17, 15) is 13.5 Å². The molecule has 108 valence electrons. The van der Waals surface area contributed by atoms with Crippen molar-refractivity contribution in [2.24, 2.45) is 0 Å². The van der Waals surface area contributed by atoms with E-state index in [1.54, 1.807) is 24.3 Å². The van der Waals surface area contributed by atoms with Crippen molar-refractivity contribution >= 4 is 9.84 Å². The van der Waals surface area contributed by atoms with Crippen LogP contribution in [0.15, 0.2) is 24.3 Å². The second-order valence-corrected chi connectivity index (χ2v) is 7.44. The summed E-state index contributed by atoms with van der Waals surface area (Å²) in [4.78, 5) is 1.99. The third kappa shape index (κ3) is 3.57. The van der Waals surface area contributed by atoms with E-state index in [1.807, 2.05) is 17.9 Å². The lowest BCUT2D eigenvalue weighted by Crippen LogP contribution is -2.48. The first-order chi connectivity index (χ1) is 9.41. The van der Waals surface area contributed by atoms with Gasteiger partial charge in [0.15, 0.2) is 9.84 Å². The molecule has 1 heterocycles. The molecule has 2 rings (SSSR count). The van der Waals surface area contributed by atoms with Gasteiger partial charge in [-0.25, -0.2) is 8.42 Å². The number of aliphatic hydroxyl groups is 1. The van der Waals surface area contributed by atoms with Gasteiger partial charge in [-0.05, 0) is 24.6 Å². The molecule has 0 amide bonds. The molecule has 1 aromatic rings. The predicted octanol–water partition coefficient (Wildman–Crippen LogP) is 0.711. The van der Waals surface area contributed by atoms with Crippen molar-refractivity contribution in [1.29, 1.82) is 5.26 Å². The maximum absolute atomic E-state index is 11.5. The number of benzene rings is 1. The van der Waals surface area contributed by atoms with E-state index in [0.29, 0.717) is 18.7 Å². The number of β-amino-alcohol motifs (C(OH)–C–C–N with tert-alkyl or cyclic N) is 1. The van der Waals surface area contributed by atoms with Gasteiger partial charge in [-0.15, -0.1) is 0 Å². The number of hydrogen-bond donors (Lipinski definition) is 1. The lowest BCUT2D eigenvalue weighted by atomic mass is 10.1. The molecule has 0 bridgehead atoms. The summed E-state index contributed by atoms with van der Waals surface area (Å²) in [7, 11) is -2.93. The summed E-state index contributed by atoms with van der Waals surface area (Å²) in [5.74, 6) is 0.296. The fourth-order valence-corrected chi connectivity index (χ4v) is 4.04. The van der Waals surface area contributed by atoms with Gasteiger partial charge in [0.05, 0.1) is 29.2 Å². The van der Waals surface area contributed by atoms with Gasteiger partial charge in [0.2, 0.25) is 0 Å². The standard InChI is InChI=1S/C14H18N2O3S/c1-11-10-20(18,19)7-6-16(11)9-14(17)13-4-2-12(8-15)3-5-13/h2-5,11,14,17H,6-7,9-10H2,1H3. The van der Waals surface area contributed by atoms with Gasteiger partial charge in [-0.2, -0.15) is 5.26 Å². The molecule has 6 heteroatoms. The Kier molecular flexibility index (Phi) is 4.43. The second-order valence-electron chi connectivity index (χ2n) is 5.21. The summed E-state index contributed by atoms with van der Waals surface area (Å²) < 4.78 is 23.0. The zero-order chi connectivity index (χ0) is 14.8. The Morgan fingerprint density at radius 3 is 2.65 bits per heavy atom. The van der Waals surface area contributed by atoms with Gasteiger partial charge in [0, 0.05) is 19.1 Å². The van der Waals surface area contributed by atoms with E-state index in [1.165, 1.54) is 0 Å². The number of nitriles is 1. The molecule has 0 saturated carbocycles. The van der Waals surface area contributed by atoms with Gasteiger partial charge < -0.3 is 5.11 Å². The summed E-state index contributed by atoms with van der Waals surface area (Å²) in [5.41, 5.74) is 1.29. The zero-order valence-corrected chi connectivity index (χ0v) is 12.2. The molecule has 0 aliphatic carbocycles. The summed E-state index contributed by atoms with van der Waals surface area (Å²) >= 11 is 0. The minimum absolute atomic E-state index is 0.0817. The zero-order valence-electron chi connectivity index (χ0n) is 11.4. The highest BCUT2D eigenvalue weighted by atomic mass is 32.2.